The summed E-state index contributed by atoms with van der Waals surface area (Å²) in [6, 6.07) is 0. The van der Waals surface area contributed by atoms with Gasteiger partial charge in [-0.15, -0.1) is 0 Å². The van der Waals surface area contributed by atoms with Crippen LogP contribution in [-0.2, 0) is 38.0 Å². The molecular weight excluding hydrogens is 600 g/mol. The van der Waals surface area contributed by atoms with Crippen molar-refractivity contribution < 1.29 is 43.1 Å². The maximum absolute atomic E-state index is 10.2. The lowest BCUT2D eigenvalue weighted by molar-refractivity contribution is -0.122. The van der Waals surface area contributed by atoms with Gasteiger partial charge in [0, 0.05) is 33.9 Å². The molecule has 0 aromatic heterocycles. The number of aliphatic hydroxyl groups is 1. The van der Waals surface area contributed by atoms with E-state index in [-0.39, 0.29) is 49.8 Å². The highest BCUT2D eigenvalue weighted by Crippen LogP contribution is 1.94. The van der Waals surface area contributed by atoms with Gasteiger partial charge in [-0.2, -0.15) is 0 Å². The summed E-state index contributed by atoms with van der Waals surface area (Å²) in [7, 11) is 5.10. The SMILES string of the molecule is C.CC(=O)C(C)C.CC(=O)COC(C)C.CCC(O)COC(C)C.CCCCOC(C)C.COC(C)C.COC(C)C.COC(C)C. The molecule has 1 atom stereocenters. The normalized spacial score (nSPS) is 10.5. The van der Waals surface area contributed by atoms with E-state index in [9.17, 15) is 9.59 Å². The minimum atomic E-state index is -0.285. The molecule has 0 aromatic carbocycles. The summed E-state index contributed by atoms with van der Waals surface area (Å²) in [5.74, 6) is 0.554. The highest BCUT2D eigenvalue weighted by Gasteiger charge is 2.00. The molecule has 0 heterocycles. The molecule has 0 amide bonds. The van der Waals surface area contributed by atoms with Gasteiger partial charge in [0.2, 0.25) is 0 Å². The van der Waals surface area contributed by atoms with E-state index in [4.69, 9.17) is 33.5 Å². The summed E-state index contributed by atoms with van der Waals surface area (Å²) in [5, 5.41) is 8.98. The van der Waals surface area contributed by atoms with Crippen molar-refractivity contribution in [3.8, 4) is 0 Å². The molecule has 0 radical (unpaired) electrons. The highest BCUT2D eigenvalue weighted by molar-refractivity contribution is 5.77. The fraction of sp³-hybridized carbons (Fsp3) is 0.947. The summed E-state index contributed by atoms with van der Waals surface area (Å²) < 4.78 is 29.6. The van der Waals surface area contributed by atoms with Crippen LogP contribution in [-0.4, -0.2) is 101 Å². The van der Waals surface area contributed by atoms with Gasteiger partial charge >= 0.3 is 0 Å². The highest BCUT2D eigenvalue weighted by atomic mass is 16.5. The first-order valence-electron chi connectivity index (χ1n) is 17.1. The Morgan fingerprint density at radius 2 is 0.872 bits per heavy atom. The fourth-order valence-electron chi connectivity index (χ4n) is 1.17. The number of ether oxygens (including phenoxy) is 6. The summed E-state index contributed by atoms with van der Waals surface area (Å²) >= 11 is 0. The molecule has 0 aliphatic rings. The first kappa shape index (κ1) is 64.6. The van der Waals surface area contributed by atoms with Crippen molar-refractivity contribution in [2.24, 2.45) is 5.92 Å². The van der Waals surface area contributed by atoms with Gasteiger partial charge in [-0.05, 0) is 110 Å². The second-order valence-electron chi connectivity index (χ2n) is 12.4. The van der Waals surface area contributed by atoms with E-state index in [1.165, 1.54) is 19.8 Å². The molecule has 0 bridgehead atoms. The van der Waals surface area contributed by atoms with E-state index in [0.717, 1.165) is 13.0 Å². The van der Waals surface area contributed by atoms with Gasteiger partial charge in [0.15, 0.2) is 5.78 Å². The molecule has 0 fully saturated rings. The van der Waals surface area contributed by atoms with E-state index in [2.05, 4.69) is 20.8 Å². The number of carbonyl (C=O) groups excluding carboxylic acids is 2. The number of hydrogen-bond donors (Lipinski definition) is 1. The lowest BCUT2D eigenvalue weighted by Crippen LogP contribution is -2.16. The molecule has 0 aromatic rings. The number of rotatable bonds is 15. The second kappa shape index (κ2) is 51.9. The molecule has 0 saturated carbocycles. The molecule has 9 heteroatoms. The summed E-state index contributed by atoms with van der Waals surface area (Å²) in [6.45, 7) is 36.5. The molecular formula is C38H88O9. The Kier molecular flexibility index (Phi) is 71.3. The lowest BCUT2D eigenvalue weighted by Gasteiger charge is -2.10. The van der Waals surface area contributed by atoms with Crippen LogP contribution in [0.5, 0.6) is 0 Å². The van der Waals surface area contributed by atoms with Crippen LogP contribution in [0.15, 0.2) is 0 Å². The van der Waals surface area contributed by atoms with Crippen LogP contribution in [0.2, 0.25) is 0 Å². The van der Waals surface area contributed by atoms with Gasteiger partial charge in [0.05, 0.1) is 49.3 Å². The van der Waals surface area contributed by atoms with Crippen molar-refractivity contribution in [2.45, 2.75) is 194 Å². The Labute approximate surface area is 295 Å². The van der Waals surface area contributed by atoms with E-state index in [1.54, 1.807) is 28.3 Å². The topological polar surface area (TPSA) is 110 Å². The smallest absolute Gasteiger partial charge is 0.155 e. The van der Waals surface area contributed by atoms with Gasteiger partial charge < -0.3 is 33.5 Å². The number of unbranched alkanes of at least 4 members (excludes halogenated alkanes) is 1. The first-order chi connectivity index (χ1) is 21.0. The van der Waals surface area contributed by atoms with E-state index < -0.39 is 0 Å². The second-order valence-corrected chi connectivity index (χ2v) is 12.4. The molecule has 0 aliphatic carbocycles. The van der Waals surface area contributed by atoms with E-state index in [1.807, 2.05) is 90.0 Å². The van der Waals surface area contributed by atoms with Crippen LogP contribution in [0.1, 0.15) is 151 Å². The average molecular weight is 689 g/mol. The van der Waals surface area contributed by atoms with Crippen molar-refractivity contribution in [3.63, 3.8) is 0 Å². The number of Topliss-reactive ketones (excluding diaryl/α,β-unsaturated/α-hetero) is 2. The summed E-state index contributed by atoms with van der Waals surface area (Å²) in [5.41, 5.74) is 0. The van der Waals surface area contributed by atoms with Crippen LogP contribution < -0.4 is 0 Å². The number of hydrogen-bond acceptors (Lipinski definition) is 9. The monoisotopic (exact) mass is 689 g/mol. The quantitative estimate of drug-likeness (QED) is 0.168. The van der Waals surface area contributed by atoms with Crippen molar-refractivity contribution >= 4 is 11.6 Å². The third kappa shape index (κ3) is 123. The predicted molar refractivity (Wildman–Crippen MR) is 204 cm³/mol. The fourth-order valence-corrected chi connectivity index (χ4v) is 1.17. The molecule has 294 valence electrons. The minimum absolute atomic E-state index is 0. The van der Waals surface area contributed by atoms with E-state index in [0.29, 0.717) is 31.0 Å². The van der Waals surface area contributed by atoms with Crippen LogP contribution in [0.4, 0.5) is 0 Å². The molecule has 9 nitrogen and oxygen atoms in total. The third-order valence-electron chi connectivity index (χ3n) is 4.89. The molecule has 0 rings (SSSR count). The molecule has 0 saturated heterocycles. The molecule has 47 heavy (non-hydrogen) atoms. The Morgan fingerprint density at radius 3 is 1.02 bits per heavy atom. The number of aliphatic hydroxyl groups excluding tert-OH is 1. The zero-order valence-electron chi connectivity index (χ0n) is 34.6. The van der Waals surface area contributed by atoms with E-state index >= 15 is 0 Å². The lowest BCUT2D eigenvalue weighted by atomic mass is 10.1. The first-order valence-corrected chi connectivity index (χ1v) is 17.1. The van der Waals surface area contributed by atoms with Gasteiger partial charge in [-0.3, -0.25) is 9.59 Å². The van der Waals surface area contributed by atoms with Gasteiger partial charge in [0.25, 0.3) is 0 Å². The van der Waals surface area contributed by atoms with Crippen LogP contribution in [0.3, 0.4) is 0 Å². The van der Waals surface area contributed by atoms with Crippen molar-refractivity contribution in [1.82, 2.24) is 0 Å². The van der Waals surface area contributed by atoms with Crippen LogP contribution >= 0.6 is 0 Å². The van der Waals surface area contributed by atoms with Gasteiger partial charge in [-0.25, -0.2) is 0 Å². The Morgan fingerprint density at radius 1 is 0.574 bits per heavy atom. The van der Waals surface area contributed by atoms with Crippen LogP contribution in [0, 0.1) is 5.92 Å². The minimum Gasteiger partial charge on any atom is -0.391 e. The molecule has 0 aliphatic heterocycles. The van der Waals surface area contributed by atoms with Crippen LogP contribution in [0.25, 0.3) is 0 Å². The Balaban J connectivity index is -0.0000000635. The van der Waals surface area contributed by atoms with Crippen molar-refractivity contribution in [3.05, 3.63) is 0 Å². The van der Waals surface area contributed by atoms with Crippen molar-refractivity contribution in [2.75, 3.05) is 41.2 Å². The summed E-state index contributed by atoms with van der Waals surface area (Å²) in [6.07, 6.45) is 4.86. The number of methoxy groups -OCH3 is 3. The largest absolute Gasteiger partial charge is 0.391 e. The molecule has 1 unspecified atom stereocenters. The molecule has 1 N–H and O–H groups in total. The maximum Gasteiger partial charge on any atom is 0.155 e. The van der Waals surface area contributed by atoms with Gasteiger partial charge in [-0.1, -0.05) is 41.5 Å². The maximum atomic E-state index is 10.2. The predicted octanol–water partition coefficient (Wildman–Crippen LogP) is 9.39. The Bertz CT molecular complexity index is 528. The van der Waals surface area contributed by atoms with Gasteiger partial charge in [0.1, 0.15) is 12.4 Å². The zero-order chi connectivity index (χ0) is 38.3. The summed E-state index contributed by atoms with van der Waals surface area (Å²) in [4.78, 5) is 20.4. The third-order valence-corrected chi connectivity index (χ3v) is 4.89. The number of ketones is 2. The van der Waals surface area contributed by atoms with Crippen molar-refractivity contribution in [1.29, 1.82) is 0 Å². The standard InChI is InChI=1S/C7H16O2.C7H16O.C6H12O2.C5H10O.3C4H10O.CH4/c1-4-7(8)5-9-6(2)3;1-4-5-6-8-7(2)3;1-5(2)8-4-6(3)7;1-4(2)5(3)6;3*1-4(2)5-3;/h6-8H,4-5H2,1-3H3;7H,4-6H2,1-3H3;5H,4H2,1-3H3;4H,1-3H3;3*4H,1-3H3;1H4. The average Bonchev–Trinajstić information content (AvgIpc) is 2.96. The number of carbonyl (C=O) groups is 2. The molecule has 0 spiro atoms. The Hall–Kier alpha value is -0.940. The zero-order valence-corrected chi connectivity index (χ0v) is 34.6.